The first-order chi connectivity index (χ1) is 14.5. The molecule has 2 aromatic heterocycles. The Hall–Kier alpha value is -2.81. The SMILES string of the molecule is CCOC(=O)Nc1ccc2c(CSc3nnc(C(C)C)n3C3CC3)cc(=O)oc2c1. The number of thioether (sulfide) groups is 1. The van der Waals surface area contributed by atoms with Gasteiger partial charge < -0.3 is 13.7 Å². The van der Waals surface area contributed by atoms with Crippen molar-refractivity contribution in [2.45, 2.75) is 56.5 Å². The Morgan fingerprint density at radius 3 is 2.83 bits per heavy atom. The normalized spacial score (nSPS) is 13.7. The second-order valence-corrected chi connectivity index (χ2v) is 8.47. The van der Waals surface area contributed by atoms with Gasteiger partial charge in [-0.1, -0.05) is 25.6 Å². The Kier molecular flexibility index (Phi) is 5.80. The summed E-state index contributed by atoms with van der Waals surface area (Å²) in [5.41, 5.74) is 1.34. The van der Waals surface area contributed by atoms with Crippen molar-refractivity contribution >= 4 is 34.5 Å². The highest BCUT2D eigenvalue weighted by molar-refractivity contribution is 7.98. The van der Waals surface area contributed by atoms with E-state index in [9.17, 15) is 9.59 Å². The molecule has 30 heavy (non-hydrogen) atoms. The third-order valence-corrected chi connectivity index (χ3v) is 5.82. The number of anilines is 1. The van der Waals surface area contributed by atoms with Crippen LogP contribution < -0.4 is 10.9 Å². The number of carbonyl (C=O) groups is 1. The number of hydrogen-bond acceptors (Lipinski definition) is 7. The van der Waals surface area contributed by atoms with Crippen LogP contribution in [0.1, 0.15) is 57.0 Å². The smallest absolute Gasteiger partial charge is 0.411 e. The highest BCUT2D eigenvalue weighted by Crippen LogP contribution is 2.40. The number of benzene rings is 1. The van der Waals surface area contributed by atoms with Gasteiger partial charge in [0.2, 0.25) is 0 Å². The van der Waals surface area contributed by atoms with Crippen molar-refractivity contribution in [3.8, 4) is 0 Å². The first-order valence-corrected chi connectivity index (χ1v) is 11.0. The number of fused-ring (bicyclic) bond motifs is 1. The van der Waals surface area contributed by atoms with Gasteiger partial charge >= 0.3 is 11.7 Å². The van der Waals surface area contributed by atoms with Gasteiger partial charge in [-0.25, -0.2) is 9.59 Å². The van der Waals surface area contributed by atoms with Gasteiger partial charge in [-0.05, 0) is 37.5 Å². The first kappa shape index (κ1) is 20.5. The number of aromatic nitrogens is 3. The fourth-order valence-electron chi connectivity index (χ4n) is 3.31. The predicted octanol–water partition coefficient (Wildman–Crippen LogP) is 4.70. The van der Waals surface area contributed by atoms with Crippen LogP contribution in [0.5, 0.6) is 0 Å². The van der Waals surface area contributed by atoms with E-state index in [-0.39, 0.29) is 6.61 Å². The molecule has 0 saturated heterocycles. The molecule has 1 saturated carbocycles. The second-order valence-electron chi connectivity index (χ2n) is 7.53. The summed E-state index contributed by atoms with van der Waals surface area (Å²) in [6, 6.07) is 7.21. The number of nitrogens with zero attached hydrogens (tertiary/aromatic N) is 3. The van der Waals surface area contributed by atoms with Gasteiger partial charge in [0.25, 0.3) is 0 Å². The molecule has 3 aromatic rings. The lowest BCUT2D eigenvalue weighted by molar-refractivity contribution is 0.168. The van der Waals surface area contributed by atoms with Gasteiger partial charge in [0.15, 0.2) is 5.16 Å². The van der Waals surface area contributed by atoms with Crippen LogP contribution >= 0.6 is 11.8 Å². The Morgan fingerprint density at radius 1 is 1.33 bits per heavy atom. The molecule has 0 unspecified atom stereocenters. The summed E-state index contributed by atoms with van der Waals surface area (Å²) < 4.78 is 12.5. The molecule has 9 heteroatoms. The van der Waals surface area contributed by atoms with Crippen molar-refractivity contribution in [1.82, 2.24) is 14.8 Å². The zero-order valence-electron chi connectivity index (χ0n) is 17.2. The quantitative estimate of drug-likeness (QED) is 0.430. The molecule has 2 heterocycles. The monoisotopic (exact) mass is 428 g/mol. The third kappa shape index (κ3) is 4.35. The lowest BCUT2D eigenvalue weighted by Gasteiger charge is -2.11. The van der Waals surface area contributed by atoms with E-state index in [1.54, 1.807) is 30.8 Å². The molecule has 4 rings (SSSR count). The zero-order valence-corrected chi connectivity index (χ0v) is 18.0. The molecule has 1 amide bonds. The lowest BCUT2D eigenvalue weighted by Crippen LogP contribution is -2.13. The Morgan fingerprint density at radius 2 is 2.13 bits per heavy atom. The van der Waals surface area contributed by atoms with Gasteiger partial charge in [0.1, 0.15) is 11.4 Å². The number of rotatable bonds is 7. The van der Waals surface area contributed by atoms with Crippen LogP contribution in [-0.4, -0.2) is 27.5 Å². The number of ether oxygens (including phenoxy) is 1. The molecule has 1 fully saturated rings. The molecule has 1 aliphatic carbocycles. The average Bonchev–Trinajstić information content (AvgIpc) is 3.44. The summed E-state index contributed by atoms with van der Waals surface area (Å²) >= 11 is 1.57. The fraction of sp³-hybridized carbons (Fsp3) is 0.429. The maximum Gasteiger partial charge on any atom is 0.411 e. The van der Waals surface area contributed by atoms with E-state index in [0.717, 1.165) is 34.8 Å². The van der Waals surface area contributed by atoms with E-state index in [1.165, 1.54) is 6.07 Å². The van der Waals surface area contributed by atoms with Crippen molar-refractivity contribution in [1.29, 1.82) is 0 Å². The maximum atomic E-state index is 12.1. The van der Waals surface area contributed by atoms with Crippen LogP contribution in [0.25, 0.3) is 11.0 Å². The molecular formula is C21H24N4O4S. The van der Waals surface area contributed by atoms with Crippen LogP contribution in [0.15, 0.2) is 38.6 Å². The molecule has 0 radical (unpaired) electrons. The molecule has 0 atom stereocenters. The number of amides is 1. The largest absolute Gasteiger partial charge is 0.450 e. The topological polar surface area (TPSA) is 99.2 Å². The van der Waals surface area contributed by atoms with Crippen molar-refractivity contribution in [3.63, 3.8) is 0 Å². The summed E-state index contributed by atoms with van der Waals surface area (Å²) in [5, 5.41) is 13.1. The summed E-state index contributed by atoms with van der Waals surface area (Å²) in [7, 11) is 0. The van der Waals surface area contributed by atoms with Gasteiger partial charge in [-0.2, -0.15) is 0 Å². The minimum Gasteiger partial charge on any atom is -0.450 e. The standard InChI is InChI=1S/C21H24N4O4S/c1-4-28-21(27)22-14-5-8-16-13(9-18(26)29-17(16)10-14)11-30-20-24-23-19(12(2)3)25(20)15-6-7-15/h5,8-10,12,15H,4,6-7,11H2,1-3H3,(H,22,27). The molecular weight excluding hydrogens is 404 g/mol. The molecule has 158 valence electrons. The van der Waals surface area contributed by atoms with E-state index < -0.39 is 11.7 Å². The summed E-state index contributed by atoms with van der Waals surface area (Å²) in [4.78, 5) is 23.7. The van der Waals surface area contributed by atoms with Crippen LogP contribution in [0.4, 0.5) is 10.5 Å². The van der Waals surface area contributed by atoms with Crippen molar-refractivity contribution in [3.05, 3.63) is 46.1 Å². The lowest BCUT2D eigenvalue weighted by atomic mass is 10.1. The Bertz CT molecular complexity index is 1130. The minimum absolute atomic E-state index is 0.278. The summed E-state index contributed by atoms with van der Waals surface area (Å²) in [5.74, 6) is 1.88. The highest BCUT2D eigenvalue weighted by atomic mass is 32.2. The first-order valence-electron chi connectivity index (χ1n) is 10.0. The zero-order chi connectivity index (χ0) is 21.3. The van der Waals surface area contributed by atoms with Gasteiger partial charge in [0.05, 0.1) is 6.61 Å². The average molecular weight is 429 g/mol. The maximum absolute atomic E-state index is 12.1. The molecule has 0 bridgehead atoms. The second kappa shape index (κ2) is 8.51. The van der Waals surface area contributed by atoms with Crippen LogP contribution in [0.2, 0.25) is 0 Å². The third-order valence-electron chi connectivity index (χ3n) is 4.83. The number of carbonyl (C=O) groups excluding carboxylic acids is 1. The van der Waals surface area contributed by atoms with Gasteiger partial charge in [-0.3, -0.25) is 5.32 Å². The minimum atomic E-state index is -0.550. The molecule has 1 N–H and O–H groups in total. The fourth-order valence-corrected chi connectivity index (χ4v) is 4.31. The van der Waals surface area contributed by atoms with Crippen molar-refractivity contribution in [2.75, 3.05) is 11.9 Å². The Labute approximate surface area is 178 Å². The summed E-state index contributed by atoms with van der Waals surface area (Å²) in [6.45, 7) is 6.25. The number of nitrogens with one attached hydrogen (secondary N) is 1. The van der Waals surface area contributed by atoms with Gasteiger partial charge in [-0.15, -0.1) is 10.2 Å². The van der Waals surface area contributed by atoms with Crippen LogP contribution in [0, 0.1) is 0 Å². The number of hydrogen-bond donors (Lipinski definition) is 1. The molecule has 1 aliphatic rings. The van der Waals surface area contributed by atoms with E-state index in [2.05, 4.69) is 33.9 Å². The van der Waals surface area contributed by atoms with E-state index in [0.29, 0.717) is 29.0 Å². The highest BCUT2D eigenvalue weighted by Gasteiger charge is 2.30. The van der Waals surface area contributed by atoms with E-state index in [1.807, 2.05) is 6.07 Å². The predicted molar refractivity (Wildman–Crippen MR) is 115 cm³/mol. The van der Waals surface area contributed by atoms with Gasteiger partial charge in [0, 0.05) is 40.9 Å². The summed E-state index contributed by atoms with van der Waals surface area (Å²) in [6.07, 6.45) is 1.75. The van der Waals surface area contributed by atoms with E-state index >= 15 is 0 Å². The van der Waals surface area contributed by atoms with E-state index in [4.69, 9.17) is 9.15 Å². The molecule has 0 spiro atoms. The van der Waals surface area contributed by atoms with Crippen molar-refractivity contribution < 1.29 is 13.9 Å². The molecule has 8 nitrogen and oxygen atoms in total. The molecule has 0 aliphatic heterocycles. The molecule has 1 aromatic carbocycles. The van der Waals surface area contributed by atoms with Crippen molar-refractivity contribution in [2.24, 2.45) is 0 Å². The van der Waals surface area contributed by atoms with Crippen LogP contribution in [-0.2, 0) is 10.5 Å². The Balaban J connectivity index is 1.59. The van der Waals surface area contributed by atoms with Crippen LogP contribution in [0.3, 0.4) is 0 Å².